The molecule has 1 saturated heterocycles. The Morgan fingerprint density at radius 1 is 1.48 bits per heavy atom. The lowest BCUT2D eigenvalue weighted by Gasteiger charge is -2.13. The van der Waals surface area contributed by atoms with Gasteiger partial charge in [0.2, 0.25) is 5.91 Å². The van der Waals surface area contributed by atoms with Crippen LogP contribution in [0.3, 0.4) is 0 Å². The van der Waals surface area contributed by atoms with Crippen LogP contribution in [0.1, 0.15) is 24.8 Å². The van der Waals surface area contributed by atoms with Gasteiger partial charge in [-0.1, -0.05) is 0 Å². The highest BCUT2D eigenvalue weighted by Crippen LogP contribution is 2.20. The van der Waals surface area contributed by atoms with Crippen molar-refractivity contribution in [2.75, 3.05) is 23.8 Å². The van der Waals surface area contributed by atoms with Crippen LogP contribution in [0.2, 0.25) is 0 Å². The van der Waals surface area contributed by atoms with Gasteiger partial charge >= 0.3 is 0 Å². The Labute approximate surface area is 146 Å². The Morgan fingerprint density at radius 2 is 2.36 bits per heavy atom. The number of rotatable bonds is 7. The molecule has 1 atom stereocenters. The quantitative estimate of drug-likeness (QED) is 0.809. The first-order valence-electron chi connectivity index (χ1n) is 8.54. The van der Waals surface area contributed by atoms with Crippen molar-refractivity contribution < 1.29 is 13.9 Å². The van der Waals surface area contributed by atoms with Gasteiger partial charge in [0.25, 0.3) is 0 Å². The van der Waals surface area contributed by atoms with E-state index in [1.54, 1.807) is 23.0 Å². The number of aromatic nitrogens is 2. The lowest BCUT2D eigenvalue weighted by Crippen LogP contribution is -2.19. The topological polar surface area (TPSA) is 68.2 Å². The number of benzene rings is 1. The first-order chi connectivity index (χ1) is 12.1. The zero-order valence-electron chi connectivity index (χ0n) is 14.3. The number of amides is 1. The van der Waals surface area contributed by atoms with Gasteiger partial charge in [-0.05, 0) is 43.5 Å². The van der Waals surface area contributed by atoms with Crippen molar-refractivity contribution in [1.82, 2.24) is 9.78 Å². The minimum atomic E-state index is -0.390. The molecular weight excluding hydrogens is 323 g/mol. The van der Waals surface area contributed by atoms with Gasteiger partial charge in [0.05, 0.1) is 18.0 Å². The molecule has 1 fully saturated rings. The SMILES string of the molecule is Cc1cnn(CCC(=O)Nc2ccc(NC[C@H]3CCCO3)c(F)c2)c1. The lowest BCUT2D eigenvalue weighted by molar-refractivity contribution is -0.116. The van der Waals surface area contributed by atoms with Crippen LogP contribution < -0.4 is 10.6 Å². The summed E-state index contributed by atoms with van der Waals surface area (Å²) in [5.74, 6) is -0.564. The smallest absolute Gasteiger partial charge is 0.226 e. The molecule has 2 N–H and O–H groups in total. The van der Waals surface area contributed by atoms with Gasteiger partial charge in [0, 0.05) is 38.0 Å². The maximum atomic E-state index is 14.2. The molecule has 0 radical (unpaired) electrons. The summed E-state index contributed by atoms with van der Waals surface area (Å²) in [5, 5.41) is 9.90. The number of aryl methyl sites for hydroxylation is 2. The number of hydrogen-bond donors (Lipinski definition) is 2. The summed E-state index contributed by atoms with van der Waals surface area (Å²) in [6.07, 6.45) is 6.10. The highest BCUT2D eigenvalue weighted by Gasteiger charge is 2.15. The van der Waals surface area contributed by atoms with E-state index in [1.165, 1.54) is 6.07 Å². The molecule has 25 heavy (non-hydrogen) atoms. The predicted octanol–water partition coefficient (Wildman–Crippen LogP) is 2.95. The van der Waals surface area contributed by atoms with E-state index in [-0.39, 0.29) is 18.4 Å². The van der Waals surface area contributed by atoms with Gasteiger partial charge in [0.1, 0.15) is 5.82 Å². The Balaban J connectivity index is 1.48. The van der Waals surface area contributed by atoms with E-state index < -0.39 is 5.82 Å². The van der Waals surface area contributed by atoms with E-state index in [0.717, 1.165) is 25.0 Å². The van der Waals surface area contributed by atoms with Gasteiger partial charge in [-0.3, -0.25) is 9.48 Å². The van der Waals surface area contributed by atoms with Crippen molar-refractivity contribution in [3.63, 3.8) is 0 Å². The van der Waals surface area contributed by atoms with Crippen molar-refractivity contribution in [1.29, 1.82) is 0 Å². The zero-order valence-corrected chi connectivity index (χ0v) is 14.3. The van der Waals surface area contributed by atoms with E-state index in [1.807, 2.05) is 13.1 Å². The maximum absolute atomic E-state index is 14.2. The van der Waals surface area contributed by atoms with Crippen LogP contribution in [-0.2, 0) is 16.1 Å². The summed E-state index contributed by atoms with van der Waals surface area (Å²) >= 11 is 0. The second-order valence-corrected chi connectivity index (χ2v) is 6.29. The largest absolute Gasteiger partial charge is 0.380 e. The van der Waals surface area contributed by atoms with Crippen LogP contribution in [0.15, 0.2) is 30.6 Å². The summed E-state index contributed by atoms with van der Waals surface area (Å²) < 4.78 is 21.4. The molecule has 6 nitrogen and oxygen atoms in total. The third kappa shape index (κ3) is 5.03. The van der Waals surface area contributed by atoms with Crippen LogP contribution in [0.5, 0.6) is 0 Å². The first kappa shape index (κ1) is 17.4. The molecule has 0 unspecified atom stereocenters. The van der Waals surface area contributed by atoms with E-state index in [9.17, 15) is 9.18 Å². The number of carbonyl (C=O) groups is 1. The first-order valence-corrected chi connectivity index (χ1v) is 8.54. The average molecular weight is 346 g/mol. The van der Waals surface area contributed by atoms with Gasteiger partial charge in [-0.25, -0.2) is 4.39 Å². The van der Waals surface area contributed by atoms with Gasteiger partial charge < -0.3 is 15.4 Å². The number of ether oxygens (including phenoxy) is 1. The standard InChI is InChI=1S/C18H23FN4O2/c1-13-10-21-23(12-13)7-6-18(24)22-14-4-5-17(16(19)9-14)20-11-15-3-2-8-25-15/h4-5,9-10,12,15,20H,2-3,6-8,11H2,1H3,(H,22,24)/t15-/m1/s1. The van der Waals surface area contributed by atoms with Crippen LogP contribution in [0.25, 0.3) is 0 Å². The summed E-state index contributed by atoms with van der Waals surface area (Å²) in [7, 11) is 0. The van der Waals surface area contributed by atoms with Crippen molar-refractivity contribution in [3.8, 4) is 0 Å². The Hall–Kier alpha value is -2.41. The molecule has 0 aliphatic carbocycles. The molecule has 1 aliphatic rings. The Kier molecular flexibility index (Phi) is 5.65. The zero-order chi connectivity index (χ0) is 17.6. The number of halogens is 1. The molecule has 1 amide bonds. The highest BCUT2D eigenvalue weighted by molar-refractivity contribution is 5.90. The Morgan fingerprint density at radius 3 is 3.04 bits per heavy atom. The molecule has 0 saturated carbocycles. The second kappa shape index (κ2) is 8.11. The normalized spacial score (nSPS) is 16.8. The number of carbonyl (C=O) groups excluding carboxylic acids is 1. The van der Waals surface area contributed by atoms with Crippen LogP contribution in [-0.4, -0.2) is 34.9 Å². The summed E-state index contributed by atoms with van der Waals surface area (Å²) in [6.45, 7) is 3.80. The molecule has 0 spiro atoms. The fraction of sp³-hybridized carbons (Fsp3) is 0.444. The number of hydrogen-bond acceptors (Lipinski definition) is 4. The molecule has 2 heterocycles. The Bertz CT molecular complexity index is 726. The van der Waals surface area contributed by atoms with E-state index in [0.29, 0.717) is 24.5 Å². The lowest BCUT2D eigenvalue weighted by atomic mass is 10.2. The number of nitrogens with one attached hydrogen (secondary N) is 2. The molecular formula is C18H23FN4O2. The molecule has 1 aromatic heterocycles. The minimum Gasteiger partial charge on any atom is -0.380 e. The van der Waals surface area contributed by atoms with E-state index in [2.05, 4.69) is 15.7 Å². The minimum absolute atomic E-state index is 0.143. The molecule has 0 bridgehead atoms. The van der Waals surface area contributed by atoms with Crippen LogP contribution >= 0.6 is 0 Å². The van der Waals surface area contributed by atoms with Crippen molar-refractivity contribution >= 4 is 17.3 Å². The van der Waals surface area contributed by atoms with Gasteiger partial charge in [-0.15, -0.1) is 0 Å². The van der Waals surface area contributed by atoms with Crippen molar-refractivity contribution in [2.24, 2.45) is 0 Å². The van der Waals surface area contributed by atoms with E-state index in [4.69, 9.17) is 4.74 Å². The maximum Gasteiger partial charge on any atom is 0.226 e. The van der Waals surface area contributed by atoms with Gasteiger partial charge in [-0.2, -0.15) is 5.10 Å². The van der Waals surface area contributed by atoms with Crippen molar-refractivity contribution in [2.45, 2.75) is 38.8 Å². The molecule has 2 aromatic rings. The fourth-order valence-electron chi connectivity index (χ4n) is 2.79. The molecule has 1 aromatic carbocycles. The van der Waals surface area contributed by atoms with Gasteiger partial charge in [0.15, 0.2) is 0 Å². The molecule has 1 aliphatic heterocycles. The van der Waals surface area contributed by atoms with Crippen LogP contribution in [0.4, 0.5) is 15.8 Å². The molecule has 7 heteroatoms. The monoisotopic (exact) mass is 346 g/mol. The summed E-state index contributed by atoms with van der Waals surface area (Å²) in [4.78, 5) is 12.0. The number of nitrogens with zero attached hydrogens (tertiary/aromatic N) is 2. The summed E-state index contributed by atoms with van der Waals surface area (Å²) in [6, 6.07) is 4.65. The van der Waals surface area contributed by atoms with E-state index >= 15 is 0 Å². The fourth-order valence-corrected chi connectivity index (χ4v) is 2.79. The van der Waals surface area contributed by atoms with Crippen LogP contribution in [0, 0.1) is 12.7 Å². The number of anilines is 2. The third-order valence-corrected chi connectivity index (χ3v) is 4.13. The third-order valence-electron chi connectivity index (χ3n) is 4.13. The predicted molar refractivity (Wildman–Crippen MR) is 94.1 cm³/mol. The van der Waals surface area contributed by atoms with Crippen molar-refractivity contribution in [3.05, 3.63) is 42.0 Å². The summed E-state index contributed by atoms with van der Waals surface area (Å²) in [5.41, 5.74) is 1.91. The molecule has 134 valence electrons. The highest BCUT2D eigenvalue weighted by atomic mass is 19.1. The average Bonchev–Trinajstić information content (AvgIpc) is 3.24. The molecule has 3 rings (SSSR count). The second-order valence-electron chi connectivity index (χ2n) is 6.29.